The molecule has 7 nitrogen and oxygen atoms in total. The second kappa shape index (κ2) is 8.63. The molecular formula is C27H27N3O4. The monoisotopic (exact) mass is 457 g/mol. The van der Waals surface area contributed by atoms with Gasteiger partial charge in [-0.15, -0.1) is 0 Å². The van der Waals surface area contributed by atoms with E-state index in [-0.39, 0.29) is 42.1 Å². The van der Waals surface area contributed by atoms with Crippen molar-refractivity contribution in [3.8, 4) is 5.75 Å². The molecule has 0 bridgehead atoms. The summed E-state index contributed by atoms with van der Waals surface area (Å²) in [4.78, 5) is 31.6. The molecule has 7 heteroatoms. The van der Waals surface area contributed by atoms with Crippen molar-refractivity contribution in [2.45, 2.75) is 50.8 Å². The normalized spacial score (nSPS) is 19.4. The number of oxazole rings is 1. The van der Waals surface area contributed by atoms with Crippen LogP contribution in [0.1, 0.15) is 64.8 Å². The smallest absolute Gasteiger partial charge is 0.273 e. The zero-order valence-electron chi connectivity index (χ0n) is 18.9. The van der Waals surface area contributed by atoms with Crippen molar-refractivity contribution in [2.75, 3.05) is 6.54 Å². The Kier molecular flexibility index (Phi) is 5.32. The van der Waals surface area contributed by atoms with E-state index in [1.54, 1.807) is 0 Å². The van der Waals surface area contributed by atoms with Crippen molar-refractivity contribution in [1.82, 2.24) is 15.2 Å². The molecule has 0 unspecified atom stereocenters. The zero-order valence-corrected chi connectivity index (χ0v) is 18.9. The average molecular weight is 458 g/mol. The summed E-state index contributed by atoms with van der Waals surface area (Å²) in [7, 11) is 0. The molecule has 0 radical (unpaired) electrons. The lowest BCUT2D eigenvalue weighted by atomic mass is 9.87. The Hall–Kier alpha value is -3.61. The van der Waals surface area contributed by atoms with E-state index in [2.05, 4.69) is 28.5 Å². The third-order valence-corrected chi connectivity index (χ3v) is 6.73. The second-order valence-corrected chi connectivity index (χ2v) is 9.39. The molecule has 1 aromatic heterocycles. The van der Waals surface area contributed by atoms with Crippen molar-refractivity contribution < 1.29 is 18.7 Å². The van der Waals surface area contributed by atoms with Crippen molar-refractivity contribution in [3.63, 3.8) is 0 Å². The molecule has 0 saturated heterocycles. The van der Waals surface area contributed by atoms with Gasteiger partial charge in [0, 0.05) is 18.5 Å². The number of aromatic nitrogens is 1. The first-order chi connectivity index (χ1) is 16.7. The molecule has 2 saturated carbocycles. The van der Waals surface area contributed by atoms with Gasteiger partial charge in [0.1, 0.15) is 12.0 Å². The second-order valence-electron chi connectivity index (χ2n) is 9.39. The minimum Gasteiger partial charge on any atom is -0.484 e. The summed E-state index contributed by atoms with van der Waals surface area (Å²) >= 11 is 0. The van der Waals surface area contributed by atoms with Crippen molar-refractivity contribution in [1.29, 1.82) is 0 Å². The van der Waals surface area contributed by atoms with E-state index in [0.29, 0.717) is 11.6 Å². The third kappa shape index (κ3) is 4.30. The van der Waals surface area contributed by atoms with Crippen LogP contribution < -0.4 is 10.1 Å². The van der Waals surface area contributed by atoms with Crippen LogP contribution >= 0.6 is 0 Å². The number of nitrogens with one attached hydrogen (secondary N) is 1. The van der Waals surface area contributed by atoms with E-state index < -0.39 is 0 Å². The number of hydrogen-bond acceptors (Lipinski definition) is 5. The summed E-state index contributed by atoms with van der Waals surface area (Å²) in [6.45, 7) is 0.848. The van der Waals surface area contributed by atoms with E-state index in [9.17, 15) is 9.59 Å². The lowest BCUT2D eigenvalue weighted by Crippen LogP contribution is -2.41. The molecule has 3 aliphatic rings. The third-order valence-electron chi connectivity index (χ3n) is 6.73. The SMILES string of the molecule is O=C(NC1CC1)c1coc(COc2ccc3c(c2)[C@H](c2ccccc2)N(C(=O)C2CC2)CC3)n1. The molecule has 2 amide bonds. The van der Waals surface area contributed by atoms with E-state index in [4.69, 9.17) is 9.15 Å². The highest BCUT2D eigenvalue weighted by atomic mass is 16.5. The number of ether oxygens (including phenoxy) is 1. The first kappa shape index (κ1) is 21.0. The Morgan fingerprint density at radius 1 is 1.09 bits per heavy atom. The van der Waals surface area contributed by atoms with Crippen LogP contribution in [0.15, 0.2) is 59.2 Å². The molecular weight excluding hydrogens is 430 g/mol. The Balaban J connectivity index is 1.22. The minimum atomic E-state index is -0.211. The maximum absolute atomic E-state index is 13.1. The Bertz CT molecular complexity index is 1210. The molecule has 1 atom stereocenters. The summed E-state index contributed by atoms with van der Waals surface area (Å²) < 4.78 is 11.4. The van der Waals surface area contributed by atoms with Crippen LogP contribution in [0, 0.1) is 5.92 Å². The predicted molar refractivity (Wildman–Crippen MR) is 124 cm³/mol. The van der Waals surface area contributed by atoms with Gasteiger partial charge in [-0.2, -0.15) is 0 Å². The first-order valence-corrected chi connectivity index (χ1v) is 12.0. The van der Waals surface area contributed by atoms with Gasteiger partial charge in [0.2, 0.25) is 11.8 Å². The Labute approximate surface area is 198 Å². The fourth-order valence-electron chi connectivity index (χ4n) is 4.59. The molecule has 6 rings (SSSR count). The van der Waals surface area contributed by atoms with Gasteiger partial charge < -0.3 is 19.4 Å². The van der Waals surface area contributed by atoms with E-state index in [0.717, 1.165) is 49.8 Å². The standard InChI is InChI=1S/C27H27N3O4/c31-26(28-20-9-10-20)23-15-34-24(29-23)16-33-21-11-8-17-12-13-30(27(32)19-6-7-19)25(22(17)14-21)18-4-2-1-3-5-18/h1-5,8,11,14-15,19-20,25H,6-7,9-10,12-13,16H2,(H,28,31)/t25-/m0/s1. The van der Waals surface area contributed by atoms with Crippen molar-refractivity contribution >= 4 is 11.8 Å². The number of nitrogens with zero attached hydrogens (tertiary/aromatic N) is 2. The summed E-state index contributed by atoms with van der Waals surface area (Å²) in [5.74, 6) is 1.25. The van der Waals surface area contributed by atoms with Crippen LogP contribution in [-0.2, 0) is 17.8 Å². The van der Waals surface area contributed by atoms with Gasteiger partial charge in [-0.1, -0.05) is 36.4 Å². The molecule has 1 N–H and O–H groups in total. The van der Waals surface area contributed by atoms with E-state index in [1.165, 1.54) is 11.8 Å². The summed E-state index contributed by atoms with van der Waals surface area (Å²) in [6.07, 6.45) is 6.22. The van der Waals surface area contributed by atoms with E-state index >= 15 is 0 Å². The largest absolute Gasteiger partial charge is 0.484 e. The van der Waals surface area contributed by atoms with Gasteiger partial charge in [0.25, 0.3) is 5.91 Å². The van der Waals surface area contributed by atoms with Crippen LogP contribution in [0.25, 0.3) is 0 Å². The maximum atomic E-state index is 13.1. The Morgan fingerprint density at radius 3 is 2.68 bits per heavy atom. The molecule has 2 fully saturated rings. The number of fused-ring (bicyclic) bond motifs is 1. The molecule has 3 aromatic rings. The quantitative estimate of drug-likeness (QED) is 0.579. The summed E-state index contributed by atoms with van der Waals surface area (Å²) in [5.41, 5.74) is 3.71. The number of carbonyl (C=O) groups excluding carboxylic acids is 2. The van der Waals surface area contributed by atoms with Crippen LogP contribution in [0.3, 0.4) is 0 Å². The van der Waals surface area contributed by atoms with E-state index in [1.807, 2.05) is 35.2 Å². The van der Waals surface area contributed by atoms with Gasteiger partial charge in [-0.05, 0) is 60.9 Å². The van der Waals surface area contributed by atoms with Crippen molar-refractivity contribution in [2.24, 2.45) is 5.92 Å². The maximum Gasteiger partial charge on any atom is 0.273 e. The topological polar surface area (TPSA) is 84.7 Å². The van der Waals surface area contributed by atoms with Gasteiger partial charge >= 0.3 is 0 Å². The number of carbonyl (C=O) groups is 2. The first-order valence-electron chi connectivity index (χ1n) is 12.0. The molecule has 2 heterocycles. The van der Waals surface area contributed by atoms with Crippen molar-refractivity contribution in [3.05, 3.63) is 83.1 Å². The summed E-state index contributed by atoms with van der Waals surface area (Å²) in [6, 6.07) is 16.4. The van der Waals surface area contributed by atoms with Crippen LogP contribution in [0.4, 0.5) is 0 Å². The minimum absolute atomic E-state index is 0.121. The molecule has 1 aliphatic heterocycles. The average Bonchev–Trinajstić information content (AvgIpc) is 3.81. The van der Waals surface area contributed by atoms with Gasteiger partial charge in [0.15, 0.2) is 12.3 Å². The molecule has 2 aliphatic carbocycles. The van der Waals surface area contributed by atoms with Gasteiger partial charge in [-0.25, -0.2) is 4.98 Å². The molecule has 174 valence electrons. The predicted octanol–water partition coefficient (Wildman–Crippen LogP) is 4.03. The van der Waals surface area contributed by atoms with Gasteiger partial charge in [-0.3, -0.25) is 9.59 Å². The van der Waals surface area contributed by atoms with Crippen LogP contribution in [-0.4, -0.2) is 34.3 Å². The fourth-order valence-corrected chi connectivity index (χ4v) is 4.59. The van der Waals surface area contributed by atoms with Gasteiger partial charge in [0.05, 0.1) is 6.04 Å². The highest BCUT2D eigenvalue weighted by Gasteiger charge is 2.39. The number of amides is 2. The molecule has 34 heavy (non-hydrogen) atoms. The highest BCUT2D eigenvalue weighted by Crippen LogP contribution is 2.41. The zero-order chi connectivity index (χ0) is 23.1. The summed E-state index contributed by atoms with van der Waals surface area (Å²) in [5, 5.41) is 2.90. The molecule has 0 spiro atoms. The lowest BCUT2D eigenvalue weighted by molar-refractivity contribution is -0.134. The van der Waals surface area contributed by atoms with Crippen LogP contribution in [0.5, 0.6) is 5.75 Å². The Morgan fingerprint density at radius 2 is 1.91 bits per heavy atom. The number of rotatable bonds is 7. The van der Waals surface area contributed by atoms with Crippen LogP contribution in [0.2, 0.25) is 0 Å². The fraction of sp³-hybridized carbons (Fsp3) is 0.370. The molecule has 2 aromatic carbocycles. The lowest BCUT2D eigenvalue weighted by Gasteiger charge is -2.38. The number of benzene rings is 2. The number of hydrogen-bond donors (Lipinski definition) is 1. The highest BCUT2D eigenvalue weighted by molar-refractivity contribution is 5.92.